The fourth-order valence-corrected chi connectivity index (χ4v) is 1.52. The maximum Gasteiger partial charge on any atom is 0.115 e. The van der Waals surface area contributed by atoms with Gasteiger partial charge in [-0.2, -0.15) is 5.26 Å². The molecule has 0 spiro atoms. The van der Waals surface area contributed by atoms with Crippen LogP contribution in [0.3, 0.4) is 0 Å². The molecule has 0 bridgehead atoms. The Hall–Kier alpha value is -1.01. The van der Waals surface area contributed by atoms with E-state index >= 15 is 0 Å². The molecule has 0 saturated heterocycles. The van der Waals surface area contributed by atoms with Crippen molar-refractivity contribution in [3.05, 3.63) is 28.2 Å². The Morgan fingerprint density at radius 2 is 2.25 bits per heavy atom. The van der Waals surface area contributed by atoms with Crippen LogP contribution >= 0.6 is 15.9 Å². The van der Waals surface area contributed by atoms with Crippen molar-refractivity contribution in [3.63, 3.8) is 0 Å². The number of hydrogen-bond acceptors (Lipinski definition) is 2. The van der Waals surface area contributed by atoms with E-state index in [-0.39, 0.29) is 11.7 Å². The number of phenolic OH excluding ortho intramolecular Hbond substituents is 1. The SMILES string of the molecule is CC(C#N)c1cc(O)ccc1Br. The second kappa shape index (κ2) is 3.59. The summed E-state index contributed by atoms with van der Waals surface area (Å²) in [4.78, 5) is 0. The summed E-state index contributed by atoms with van der Waals surface area (Å²) < 4.78 is 0.856. The lowest BCUT2D eigenvalue weighted by molar-refractivity contribution is 0.474. The largest absolute Gasteiger partial charge is 0.508 e. The van der Waals surface area contributed by atoms with E-state index in [4.69, 9.17) is 10.4 Å². The lowest BCUT2D eigenvalue weighted by Crippen LogP contribution is -1.90. The zero-order valence-corrected chi connectivity index (χ0v) is 8.17. The normalized spacial score (nSPS) is 12.1. The first kappa shape index (κ1) is 9.08. The highest BCUT2D eigenvalue weighted by Crippen LogP contribution is 2.27. The molecule has 0 heterocycles. The molecule has 1 N–H and O–H groups in total. The van der Waals surface area contributed by atoms with Crippen LogP contribution in [0.5, 0.6) is 5.75 Å². The van der Waals surface area contributed by atoms with Crippen LogP contribution in [0, 0.1) is 11.3 Å². The van der Waals surface area contributed by atoms with Gasteiger partial charge in [-0.05, 0) is 30.7 Å². The Balaban J connectivity index is 3.15. The van der Waals surface area contributed by atoms with Gasteiger partial charge in [0.25, 0.3) is 0 Å². The van der Waals surface area contributed by atoms with Crippen LogP contribution in [0.4, 0.5) is 0 Å². The molecule has 2 nitrogen and oxygen atoms in total. The summed E-state index contributed by atoms with van der Waals surface area (Å²) in [5.74, 6) is -0.0122. The highest BCUT2D eigenvalue weighted by Gasteiger charge is 2.08. The van der Waals surface area contributed by atoms with Crippen molar-refractivity contribution in [3.8, 4) is 11.8 Å². The third-order valence-corrected chi connectivity index (χ3v) is 2.36. The minimum absolute atomic E-state index is 0.190. The first-order chi connectivity index (χ1) is 5.65. The summed E-state index contributed by atoms with van der Waals surface area (Å²) in [5.41, 5.74) is 0.817. The molecule has 0 aliphatic heterocycles. The van der Waals surface area contributed by atoms with Crippen LogP contribution in [-0.2, 0) is 0 Å². The van der Waals surface area contributed by atoms with Gasteiger partial charge in [-0.3, -0.25) is 0 Å². The summed E-state index contributed by atoms with van der Waals surface area (Å²) in [6.07, 6.45) is 0. The number of hydrogen-bond donors (Lipinski definition) is 1. The van der Waals surface area contributed by atoms with E-state index in [2.05, 4.69) is 22.0 Å². The Bertz CT molecular complexity index is 330. The minimum atomic E-state index is -0.202. The second-order valence-corrected chi connectivity index (χ2v) is 3.41. The molecule has 3 heteroatoms. The molecule has 0 radical (unpaired) electrons. The third-order valence-electron chi connectivity index (χ3n) is 1.64. The van der Waals surface area contributed by atoms with Crippen LogP contribution in [0.15, 0.2) is 22.7 Å². The van der Waals surface area contributed by atoms with Crippen LogP contribution < -0.4 is 0 Å². The molecule has 12 heavy (non-hydrogen) atoms. The monoisotopic (exact) mass is 225 g/mol. The number of aromatic hydroxyl groups is 1. The summed E-state index contributed by atoms with van der Waals surface area (Å²) in [7, 11) is 0. The Labute approximate surface area is 79.6 Å². The van der Waals surface area contributed by atoms with Crippen molar-refractivity contribution in [1.82, 2.24) is 0 Å². The van der Waals surface area contributed by atoms with Gasteiger partial charge in [-0.15, -0.1) is 0 Å². The Morgan fingerprint density at radius 1 is 1.58 bits per heavy atom. The topological polar surface area (TPSA) is 44.0 Å². The summed E-state index contributed by atoms with van der Waals surface area (Å²) in [5, 5.41) is 17.8. The maximum atomic E-state index is 9.15. The summed E-state index contributed by atoms with van der Waals surface area (Å²) >= 11 is 3.31. The minimum Gasteiger partial charge on any atom is -0.508 e. The molecule has 62 valence electrons. The molecule has 1 rings (SSSR count). The van der Waals surface area contributed by atoms with Crippen LogP contribution in [-0.4, -0.2) is 5.11 Å². The van der Waals surface area contributed by atoms with Crippen molar-refractivity contribution in [1.29, 1.82) is 5.26 Å². The van der Waals surface area contributed by atoms with Crippen LogP contribution in [0.2, 0.25) is 0 Å². The predicted molar refractivity (Wildman–Crippen MR) is 49.8 cm³/mol. The Morgan fingerprint density at radius 3 is 2.83 bits per heavy atom. The molecular weight excluding hydrogens is 218 g/mol. The van der Waals surface area contributed by atoms with Crippen LogP contribution in [0.1, 0.15) is 18.4 Å². The fraction of sp³-hybridized carbons (Fsp3) is 0.222. The van der Waals surface area contributed by atoms with E-state index in [0.29, 0.717) is 0 Å². The van der Waals surface area contributed by atoms with Gasteiger partial charge in [0.1, 0.15) is 5.75 Å². The van der Waals surface area contributed by atoms with E-state index < -0.39 is 0 Å². The molecule has 1 unspecified atom stereocenters. The number of phenols is 1. The average Bonchev–Trinajstić information content (AvgIpc) is 2.08. The smallest absolute Gasteiger partial charge is 0.115 e. The van der Waals surface area contributed by atoms with Crippen molar-refractivity contribution in [2.45, 2.75) is 12.8 Å². The van der Waals surface area contributed by atoms with Gasteiger partial charge in [0.15, 0.2) is 0 Å². The summed E-state index contributed by atoms with van der Waals surface area (Å²) in [6.45, 7) is 1.79. The van der Waals surface area contributed by atoms with Crippen molar-refractivity contribution < 1.29 is 5.11 Å². The molecule has 0 fully saturated rings. The quantitative estimate of drug-likeness (QED) is 0.799. The van der Waals surface area contributed by atoms with E-state index in [1.54, 1.807) is 25.1 Å². The van der Waals surface area contributed by atoms with Gasteiger partial charge >= 0.3 is 0 Å². The molecular formula is C9H8BrNO. The molecule has 0 aliphatic rings. The Kier molecular flexibility index (Phi) is 2.72. The number of halogens is 1. The highest BCUT2D eigenvalue weighted by molar-refractivity contribution is 9.10. The number of rotatable bonds is 1. The molecule has 0 aromatic heterocycles. The lowest BCUT2D eigenvalue weighted by atomic mass is 10.0. The van der Waals surface area contributed by atoms with Gasteiger partial charge in [-0.1, -0.05) is 15.9 Å². The van der Waals surface area contributed by atoms with Gasteiger partial charge in [0.2, 0.25) is 0 Å². The number of nitriles is 1. The van der Waals surface area contributed by atoms with Gasteiger partial charge in [0.05, 0.1) is 12.0 Å². The number of nitrogens with zero attached hydrogens (tertiary/aromatic N) is 1. The molecule has 0 saturated carbocycles. The maximum absolute atomic E-state index is 9.15. The fourth-order valence-electron chi connectivity index (χ4n) is 0.933. The van der Waals surface area contributed by atoms with Crippen molar-refractivity contribution >= 4 is 15.9 Å². The molecule has 1 aromatic rings. The van der Waals surface area contributed by atoms with Gasteiger partial charge in [0, 0.05) is 4.47 Å². The van der Waals surface area contributed by atoms with Gasteiger partial charge in [-0.25, -0.2) is 0 Å². The van der Waals surface area contributed by atoms with E-state index in [1.807, 2.05) is 0 Å². The standard InChI is InChI=1S/C9H8BrNO/c1-6(5-11)8-4-7(12)2-3-9(8)10/h2-4,6,12H,1H3. The van der Waals surface area contributed by atoms with E-state index in [0.717, 1.165) is 10.0 Å². The van der Waals surface area contributed by atoms with E-state index in [1.165, 1.54) is 0 Å². The zero-order chi connectivity index (χ0) is 9.14. The molecule has 1 aromatic carbocycles. The molecule has 0 amide bonds. The van der Waals surface area contributed by atoms with Crippen molar-refractivity contribution in [2.75, 3.05) is 0 Å². The average molecular weight is 226 g/mol. The first-order valence-electron chi connectivity index (χ1n) is 3.53. The van der Waals surface area contributed by atoms with E-state index in [9.17, 15) is 0 Å². The highest BCUT2D eigenvalue weighted by atomic mass is 79.9. The number of benzene rings is 1. The predicted octanol–water partition coefficient (Wildman–Crippen LogP) is 2.78. The molecule has 1 atom stereocenters. The third kappa shape index (κ3) is 1.77. The van der Waals surface area contributed by atoms with Gasteiger partial charge < -0.3 is 5.11 Å². The molecule has 0 aliphatic carbocycles. The van der Waals surface area contributed by atoms with Crippen molar-refractivity contribution in [2.24, 2.45) is 0 Å². The second-order valence-electron chi connectivity index (χ2n) is 2.56. The first-order valence-corrected chi connectivity index (χ1v) is 4.32. The summed E-state index contributed by atoms with van der Waals surface area (Å²) in [6, 6.07) is 7.02. The van der Waals surface area contributed by atoms with Crippen LogP contribution in [0.25, 0.3) is 0 Å². The lowest BCUT2D eigenvalue weighted by Gasteiger charge is -2.05. The zero-order valence-electron chi connectivity index (χ0n) is 6.58.